The number of aliphatic hydroxyl groups is 1. The Labute approximate surface area is 107 Å². The molecule has 102 valence electrons. The summed E-state index contributed by atoms with van der Waals surface area (Å²) in [6, 6.07) is 3.43. The molecule has 0 aromatic heterocycles. The molecule has 0 saturated carbocycles. The molecule has 0 radical (unpaired) electrons. The highest BCUT2D eigenvalue weighted by atomic mass is 19.1. The minimum Gasteiger partial charge on any atom is -0.396 e. The molecule has 0 saturated heterocycles. The van der Waals surface area contributed by atoms with Crippen LogP contribution in [0.15, 0.2) is 18.2 Å². The first-order valence-corrected chi connectivity index (χ1v) is 6.32. The first-order chi connectivity index (χ1) is 8.56. The van der Waals surface area contributed by atoms with Gasteiger partial charge in [-0.3, -0.25) is 0 Å². The van der Waals surface area contributed by atoms with E-state index in [-0.39, 0.29) is 18.6 Å². The van der Waals surface area contributed by atoms with Gasteiger partial charge in [0.25, 0.3) is 0 Å². The van der Waals surface area contributed by atoms with Crippen LogP contribution in [0.2, 0.25) is 0 Å². The van der Waals surface area contributed by atoms with Gasteiger partial charge in [-0.2, -0.15) is 0 Å². The Morgan fingerprint density at radius 1 is 1.22 bits per heavy atom. The van der Waals surface area contributed by atoms with Crippen molar-refractivity contribution < 1.29 is 13.9 Å². The van der Waals surface area contributed by atoms with E-state index in [0.29, 0.717) is 12.1 Å². The van der Waals surface area contributed by atoms with Gasteiger partial charge in [-0.25, -0.2) is 8.78 Å². The van der Waals surface area contributed by atoms with E-state index in [2.05, 4.69) is 5.32 Å². The van der Waals surface area contributed by atoms with Crippen molar-refractivity contribution in [3.63, 3.8) is 0 Å². The Morgan fingerprint density at radius 3 is 2.44 bits per heavy atom. The van der Waals surface area contributed by atoms with Crippen LogP contribution in [0.4, 0.5) is 8.78 Å². The Hall–Kier alpha value is -1.00. The predicted molar refractivity (Wildman–Crippen MR) is 68.2 cm³/mol. The lowest BCUT2D eigenvalue weighted by Crippen LogP contribution is -2.36. The largest absolute Gasteiger partial charge is 0.396 e. The molecule has 2 N–H and O–H groups in total. The van der Waals surface area contributed by atoms with E-state index < -0.39 is 11.6 Å². The van der Waals surface area contributed by atoms with E-state index >= 15 is 0 Å². The lowest BCUT2D eigenvalue weighted by atomic mass is 9.83. The first-order valence-electron chi connectivity index (χ1n) is 6.32. The summed E-state index contributed by atoms with van der Waals surface area (Å²) in [6.45, 7) is 4.99. The third kappa shape index (κ3) is 3.75. The molecule has 0 aliphatic carbocycles. The summed E-state index contributed by atoms with van der Waals surface area (Å²) in [4.78, 5) is 0. The monoisotopic (exact) mass is 257 g/mol. The van der Waals surface area contributed by atoms with Gasteiger partial charge < -0.3 is 10.4 Å². The molecule has 0 aliphatic heterocycles. The van der Waals surface area contributed by atoms with Crippen LogP contribution in [0, 0.1) is 17.0 Å². The summed E-state index contributed by atoms with van der Waals surface area (Å²) < 4.78 is 26.4. The van der Waals surface area contributed by atoms with Crippen molar-refractivity contribution in [2.75, 3.05) is 13.2 Å². The van der Waals surface area contributed by atoms with Gasteiger partial charge in [0.05, 0.1) is 0 Å². The molecule has 2 nitrogen and oxygen atoms in total. The zero-order valence-corrected chi connectivity index (χ0v) is 11.0. The lowest BCUT2D eigenvalue weighted by molar-refractivity contribution is 0.113. The zero-order valence-electron chi connectivity index (χ0n) is 11.0. The summed E-state index contributed by atoms with van der Waals surface area (Å²) in [5, 5.41) is 12.5. The molecule has 0 heterocycles. The molecule has 1 aromatic carbocycles. The van der Waals surface area contributed by atoms with Crippen LogP contribution in [-0.2, 0) is 6.54 Å². The number of hydrogen-bond donors (Lipinski definition) is 2. The second-order valence-corrected chi connectivity index (χ2v) is 4.70. The van der Waals surface area contributed by atoms with Gasteiger partial charge >= 0.3 is 0 Å². The van der Waals surface area contributed by atoms with Crippen molar-refractivity contribution in [3.05, 3.63) is 35.4 Å². The van der Waals surface area contributed by atoms with E-state index in [1.807, 2.05) is 13.8 Å². The summed E-state index contributed by atoms with van der Waals surface area (Å²) in [5.41, 5.74) is 0.137. The average Bonchev–Trinajstić information content (AvgIpc) is 2.39. The van der Waals surface area contributed by atoms with Crippen LogP contribution >= 0.6 is 0 Å². The van der Waals surface area contributed by atoms with Gasteiger partial charge in [-0.15, -0.1) is 0 Å². The fraction of sp³-hybridized carbons (Fsp3) is 0.571. The Kier molecular flexibility index (Phi) is 5.69. The molecule has 4 heteroatoms. The smallest absolute Gasteiger partial charge is 0.127 e. The van der Waals surface area contributed by atoms with Crippen LogP contribution in [0.25, 0.3) is 0 Å². The van der Waals surface area contributed by atoms with E-state index in [9.17, 15) is 13.9 Å². The third-order valence-electron chi connectivity index (χ3n) is 3.66. The Balaban J connectivity index is 2.57. The Bertz CT molecular complexity index is 370. The molecule has 0 fully saturated rings. The van der Waals surface area contributed by atoms with Crippen molar-refractivity contribution in [1.82, 2.24) is 5.32 Å². The molecule has 0 unspecified atom stereocenters. The lowest BCUT2D eigenvalue weighted by Gasteiger charge is -2.29. The fourth-order valence-corrected chi connectivity index (χ4v) is 1.92. The first kappa shape index (κ1) is 15.1. The van der Waals surface area contributed by atoms with E-state index in [4.69, 9.17) is 0 Å². The van der Waals surface area contributed by atoms with Crippen LogP contribution in [0.3, 0.4) is 0 Å². The maximum atomic E-state index is 13.4. The minimum atomic E-state index is -0.437. The van der Waals surface area contributed by atoms with Crippen molar-refractivity contribution in [1.29, 1.82) is 0 Å². The molecular formula is C14H21F2NO. The fourth-order valence-electron chi connectivity index (χ4n) is 1.92. The minimum absolute atomic E-state index is 0.0959. The summed E-state index contributed by atoms with van der Waals surface area (Å²) >= 11 is 0. The molecular weight excluding hydrogens is 236 g/mol. The van der Waals surface area contributed by atoms with Crippen molar-refractivity contribution in [2.24, 2.45) is 5.41 Å². The number of halogens is 2. The molecule has 1 aromatic rings. The number of benzene rings is 1. The highest BCUT2D eigenvalue weighted by molar-refractivity contribution is 5.18. The number of aliphatic hydroxyl groups excluding tert-OH is 1. The summed E-state index contributed by atoms with van der Waals surface area (Å²) in [7, 11) is 0. The molecule has 0 atom stereocenters. The SMILES string of the molecule is CCC(CC)(CO)CNCc1cc(F)ccc1F. The molecule has 0 spiro atoms. The van der Waals surface area contributed by atoms with Crippen molar-refractivity contribution in [2.45, 2.75) is 33.2 Å². The molecule has 0 amide bonds. The van der Waals surface area contributed by atoms with Crippen LogP contribution in [0.5, 0.6) is 0 Å². The van der Waals surface area contributed by atoms with Gasteiger partial charge in [-0.1, -0.05) is 13.8 Å². The number of hydrogen-bond acceptors (Lipinski definition) is 2. The van der Waals surface area contributed by atoms with Gasteiger partial charge in [0, 0.05) is 30.7 Å². The molecule has 0 bridgehead atoms. The Morgan fingerprint density at radius 2 is 1.89 bits per heavy atom. The second kappa shape index (κ2) is 6.81. The highest BCUT2D eigenvalue weighted by Gasteiger charge is 2.24. The van der Waals surface area contributed by atoms with Gasteiger partial charge in [0.15, 0.2) is 0 Å². The second-order valence-electron chi connectivity index (χ2n) is 4.70. The van der Waals surface area contributed by atoms with Gasteiger partial charge in [0.2, 0.25) is 0 Å². The molecule has 0 aliphatic rings. The topological polar surface area (TPSA) is 32.3 Å². The van der Waals surface area contributed by atoms with Crippen molar-refractivity contribution in [3.8, 4) is 0 Å². The number of nitrogens with one attached hydrogen (secondary N) is 1. The van der Waals surface area contributed by atoms with Gasteiger partial charge in [-0.05, 0) is 31.0 Å². The van der Waals surface area contributed by atoms with E-state index in [1.54, 1.807) is 0 Å². The van der Waals surface area contributed by atoms with E-state index in [1.165, 1.54) is 6.07 Å². The van der Waals surface area contributed by atoms with E-state index in [0.717, 1.165) is 25.0 Å². The van der Waals surface area contributed by atoms with Crippen LogP contribution in [-0.4, -0.2) is 18.3 Å². The third-order valence-corrected chi connectivity index (χ3v) is 3.66. The molecule has 18 heavy (non-hydrogen) atoms. The summed E-state index contributed by atoms with van der Waals surface area (Å²) in [6.07, 6.45) is 1.69. The summed E-state index contributed by atoms with van der Waals surface area (Å²) in [5.74, 6) is -0.848. The predicted octanol–water partition coefficient (Wildman–Crippen LogP) is 2.85. The molecule has 1 rings (SSSR count). The average molecular weight is 257 g/mol. The van der Waals surface area contributed by atoms with Gasteiger partial charge in [0.1, 0.15) is 11.6 Å². The zero-order chi connectivity index (χ0) is 13.6. The quantitative estimate of drug-likeness (QED) is 0.787. The highest BCUT2D eigenvalue weighted by Crippen LogP contribution is 2.24. The standard InChI is InChI=1S/C14H21F2NO/c1-3-14(4-2,10-18)9-17-8-11-7-12(15)5-6-13(11)16/h5-7,17-18H,3-4,8-10H2,1-2H3. The van der Waals surface area contributed by atoms with Crippen LogP contribution < -0.4 is 5.32 Å². The van der Waals surface area contributed by atoms with Crippen molar-refractivity contribution >= 4 is 0 Å². The maximum Gasteiger partial charge on any atom is 0.127 e. The normalized spacial score (nSPS) is 11.8. The number of rotatable bonds is 7. The van der Waals surface area contributed by atoms with Crippen LogP contribution in [0.1, 0.15) is 32.3 Å². The maximum absolute atomic E-state index is 13.4.